The Balaban J connectivity index is 2.13. The Morgan fingerprint density at radius 2 is 2.20 bits per heavy atom. The second-order valence-corrected chi connectivity index (χ2v) is 8.36. The van der Waals surface area contributed by atoms with Gasteiger partial charge in [-0.15, -0.1) is 22.7 Å². The van der Waals surface area contributed by atoms with Crippen LogP contribution in [0.15, 0.2) is 21.7 Å². The van der Waals surface area contributed by atoms with Gasteiger partial charge in [0.15, 0.2) is 0 Å². The summed E-state index contributed by atoms with van der Waals surface area (Å²) in [6, 6.07) is 2.94. The number of rotatable bonds is 6. The maximum Gasteiger partial charge on any atom is 0.250 e. The Morgan fingerprint density at radius 1 is 1.45 bits per heavy atom. The van der Waals surface area contributed by atoms with Crippen molar-refractivity contribution in [1.29, 1.82) is 0 Å². The van der Waals surface area contributed by atoms with E-state index in [2.05, 4.69) is 9.71 Å². The zero-order valence-corrected chi connectivity index (χ0v) is 13.6. The van der Waals surface area contributed by atoms with E-state index in [1.807, 2.05) is 12.3 Å². The number of aliphatic hydroxyl groups excluding tert-OH is 1. The first kappa shape index (κ1) is 15.6. The molecule has 5 nitrogen and oxygen atoms in total. The van der Waals surface area contributed by atoms with Crippen LogP contribution in [0.25, 0.3) is 0 Å². The van der Waals surface area contributed by atoms with Gasteiger partial charge in [0, 0.05) is 29.0 Å². The molecule has 0 amide bonds. The number of thiazole rings is 1. The first-order chi connectivity index (χ1) is 9.42. The molecule has 0 aliphatic rings. The van der Waals surface area contributed by atoms with E-state index in [-0.39, 0.29) is 16.9 Å². The van der Waals surface area contributed by atoms with Crippen LogP contribution in [0.2, 0.25) is 0 Å². The molecule has 0 saturated carbocycles. The molecule has 2 aromatic heterocycles. The lowest BCUT2D eigenvalue weighted by atomic mass is 10.4. The predicted molar refractivity (Wildman–Crippen MR) is 80.7 cm³/mol. The topological polar surface area (TPSA) is 79.3 Å². The summed E-state index contributed by atoms with van der Waals surface area (Å²) in [6.07, 6.45) is 0.474. The van der Waals surface area contributed by atoms with Crippen LogP contribution in [0.5, 0.6) is 0 Å². The Morgan fingerprint density at radius 3 is 2.80 bits per heavy atom. The molecule has 0 bridgehead atoms. The highest BCUT2D eigenvalue weighted by Gasteiger charge is 2.21. The zero-order chi connectivity index (χ0) is 14.8. The minimum atomic E-state index is -3.54. The van der Waals surface area contributed by atoms with Gasteiger partial charge in [-0.25, -0.2) is 18.1 Å². The lowest BCUT2D eigenvalue weighted by Crippen LogP contribution is -2.26. The minimum absolute atomic E-state index is 0.0161. The van der Waals surface area contributed by atoms with Crippen LogP contribution in [0.3, 0.4) is 0 Å². The third kappa shape index (κ3) is 3.64. The Labute approximate surface area is 126 Å². The number of aryl methyl sites for hydroxylation is 1. The molecule has 2 N–H and O–H groups in total. The molecule has 0 aliphatic carbocycles. The fourth-order valence-electron chi connectivity index (χ4n) is 1.66. The first-order valence-corrected chi connectivity index (χ1v) is 9.24. The summed E-state index contributed by atoms with van der Waals surface area (Å²) < 4.78 is 27.4. The highest BCUT2D eigenvalue weighted by atomic mass is 32.2. The molecule has 0 spiro atoms. The van der Waals surface area contributed by atoms with Gasteiger partial charge >= 0.3 is 0 Å². The van der Waals surface area contributed by atoms with Crippen molar-refractivity contribution in [3.8, 4) is 0 Å². The van der Waals surface area contributed by atoms with E-state index in [9.17, 15) is 8.42 Å². The number of thiophene rings is 1. The Bertz CT molecular complexity index is 676. The normalized spacial score (nSPS) is 13.6. The van der Waals surface area contributed by atoms with Crippen LogP contribution < -0.4 is 4.72 Å². The maximum atomic E-state index is 12.3. The molecule has 1 atom stereocenters. The van der Waals surface area contributed by atoms with Gasteiger partial charge in [0.2, 0.25) is 0 Å². The summed E-state index contributed by atoms with van der Waals surface area (Å²) in [5.74, 6) is 0. The number of nitrogens with one attached hydrogen (secondary N) is 1. The van der Waals surface area contributed by atoms with Crippen molar-refractivity contribution in [2.24, 2.45) is 0 Å². The van der Waals surface area contributed by atoms with Crippen LogP contribution in [0.1, 0.15) is 28.5 Å². The van der Waals surface area contributed by atoms with Gasteiger partial charge in [-0.1, -0.05) is 0 Å². The first-order valence-electron chi connectivity index (χ1n) is 6.06. The third-order valence-electron chi connectivity index (χ3n) is 2.60. The van der Waals surface area contributed by atoms with Gasteiger partial charge in [-0.2, -0.15) is 0 Å². The molecule has 2 aromatic rings. The molecule has 2 rings (SSSR count). The zero-order valence-electron chi connectivity index (χ0n) is 11.2. The fourth-order valence-corrected chi connectivity index (χ4v) is 5.11. The summed E-state index contributed by atoms with van der Waals surface area (Å²) in [5.41, 5.74) is 0.886. The van der Waals surface area contributed by atoms with Crippen molar-refractivity contribution >= 4 is 32.7 Å². The van der Waals surface area contributed by atoms with Gasteiger partial charge in [-0.3, -0.25) is 0 Å². The number of hydrogen-bond donors (Lipinski definition) is 2. The fraction of sp³-hybridized carbons (Fsp3) is 0.417. The average molecular weight is 332 g/mol. The van der Waals surface area contributed by atoms with Crippen molar-refractivity contribution in [3.05, 3.63) is 33.1 Å². The highest BCUT2D eigenvalue weighted by Crippen LogP contribution is 2.25. The summed E-state index contributed by atoms with van der Waals surface area (Å²) in [6.45, 7) is 3.67. The summed E-state index contributed by atoms with van der Waals surface area (Å²) in [5, 5.41) is 11.5. The molecular formula is C12H16N2O3S3. The van der Waals surface area contributed by atoms with Gasteiger partial charge in [0.25, 0.3) is 10.0 Å². The van der Waals surface area contributed by atoms with Gasteiger partial charge < -0.3 is 5.11 Å². The van der Waals surface area contributed by atoms with Crippen molar-refractivity contribution in [2.75, 3.05) is 6.61 Å². The maximum absolute atomic E-state index is 12.3. The summed E-state index contributed by atoms with van der Waals surface area (Å²) in [7, 11) is -3.54. The smallest absolute Gasteiger partial charge is 0.250 e. The van der Waals surface area contributed by atoms with E-state index in [4.69, 9.17) is 5.11 Å². The van der Waals surface area contributed by atoms with Gasteiger partial charge in [0.05, 0.1) is 6.04 Å². The quantitative estimate of drug-likeness (QED) is 0.849. The van der Waals surface area contributed by atoms with Crippen molar-refractivity contribution in [1.82, 2.24) is 9.71 Å². The monoisotopic (exact) mass is 332 g/mol. The predicted octanol–water partition coefficient (Wildman–Crippen LogP) is 2.09. The second-order valence-electron chi connectivity index (χ2n) is 4.36. The van der Waals surface area contributed by atoms with Gasteiger partial charge in [0.1, 0.15) is 9.22 Å². The van der Waals surface area contributed by atoms with Crippen LogP contribution in [-0.2, 0) is 16.4 Å². The molecule has 20 heavy (non-hydrogen) atoms. The lowest BCUT2D eigenvalue weighted by molar-refractivity contribution is 0.300. The van der Waals surface area contributed by atoms with E-state index >= 15 is 0 Å². The number of aromatic nitrogens is 1. The summed E-state index contributed by atoms with van der Waals surface area (Å²) >= 11 is 2.62. The summed E-state index contributed by atoms with van der Waals surface area (Å²) in [4.78, 5) is 5.14. The molecule has 0 aromatic carbocycles. The van der Waals surface area contributed by atoms with E-state index in [1.54, 1.807) is 19.1 Å². The number of hydrogen-bond acceptors (Lipinski definition) is 6. The van der Waals surface area contributed by atoms with E-state index < -0.39 is 10.0 Å². The molecular weight excluding hydrogens is 316 g/mol. The van der Waals surface area contributed by atoms with E-state index in [0.29, 0.717) is 6.42 Å². The Hall–Kier alpha value is -0.800. The van der Waals surface area contributed by atoms with E-state index in [1.165, 1.54) is 22.7 Å². The average Bonchev–Trinajstić information content (AvgIpc) is 2.98. The van der Waals surface area contributed by atoms with Crippen LogP contribution in [-0.4, -0.2) is 25.1 Å². The van der Waals surface area contributed by atoms with Crippen molar-refractivity contribution in [2.45, 2.75) is 30.5 Å². The van der Waals surface area contributed by atoms with Crippen molar-refractivity contribution in [3.63, 3.8) is 0 Å². The molecule has 110 valence electrons. The highest BCUT2D eigenvalue weighted by molar-refractivity contribution is 7.91. The number of aliphatic hydroxyl groups is 1. The molecule has 1 unspecified atom stereocenters. The van der Waals surface area contributed by atoms with Gasteiger partial charge in [-0.05, 0) is 26.0 Å². The largest absolute Gasteiger partial charge is 0.396 e. The van der Waals surface area contributed by atoms with Crippen LogP contribution in [0, 0.1) is 6.92 Å². The molecule has 8 heteroatoms. The number of nitrogens with zero attached hydrogens (tertiary/aromatic N) is 1. The number of sulfonamides is 1. The second kappa shape index (κ2) is 6.31. The van der Waals surface area contributed by atoms with E-state index in [0.717, 1.165) is 15.6 Å². The van der Waals surface area contributed by atoms with Crippen molar-refractivity contribution < 1.29 is 13.5 Å². The van der Waals surface area contributed by atoms with Crippen LogP contribution >= 0.6 is 22.7 Å². The standard InChI is InChI=1S/C12H16N2O3S3/c1-8-7-18-12(13-8)9(2)14-20(16,17)11-4-3-10(19-11)5-6-15/h3-4,7,9,14-15H,5-6H2,1-2H3. The SMILES string of the molecule is Cc1csc(C(C)NS(=O)(=O)c2ccc(CCO)s2)n1. The third-order valence-corrected chi connectivity index (χ3v) is 6.92. The minimum Gasteiger partial charge on any atom is -0.396 e. The Kier molecular flexibility index (Phi) is 4.92. The molecule has 0 aliphatic heterocycles. The van der Waals surface area contributed by atoms with Crippen LogP contribution in [0.4, 0.5) is 0 Å². The molecule has 0 saturated heterocycles. The molecule has 2 heterocycles. The molecule has 0 fully saturated rings. The molecule has 0 radical (unpaired) electrons. The lowest BCUT2D eigenvalue weighted by Gasteiger charge is -2.10.